The van der Waals surface area contributed by atoms with E-state index in [1.165, 1.54) is 16.7 Å². The van der Waals surface area contributed by atoms with Gasteiger partial charge in [0, 0.05) is 44.7 Å². The van der Waals surface area contributed by atoms with Gasteiger partial charge in [0.2, 0.25) is 0 Å². The number of fused-ring (bicyclic) bond motifs is 1. The highest BCUT2D eigenvalue weighted by molar-refractivity contribution is 6.00. The fourth-order valence-corrected chi connectivity index (χ4v) is 9.25. The van der Waals surface area contributed by atoms with Crippen molar-refractivity contribution in [3.05, 3.63) is 229 Å². The van der Waals surface area contributed by atoms with Crippen molar-refractivity contribution < 1.29 is 0 Å². The van der Waals surface area contributed by atoms with Gasteiger partial charge in [0.1, 0.15) is 0 Å². The Morgan fingerprint density at radius 2 is 0.681 bits per heavy atom. The molecular formula is C66H62N6. The summed E-state index contributed by atoms with van der Waals surface area (Å²) in [5.74, 6) is 1.86. The van der Waals surface area contributed by atoms with Gasteiger partial charge < -0.3 is 9.80 Å². The SMILES string of the molecule is CC(C)(C)c1ccc(N(c2ccc(-c3nc(-c4ccccc4)nc(-c4ccccc4)n3)cc2)c2cc(C(C)(C)C)cc(N(c3ccc(C(C)(C)C)cc3)c3cnc4ccccc4c3)c2-c2ccccc2)cc1. The van der Waals surface area contributed by atoms with Crippen molar-refractivity contribution in [3.8, 4) is 45.3 Å². The van der Waals surface area contributed by atoms with Crippen molar-refractivity contribution in [2.24, 2.45) is 0 Å². The first-order valence-electron chi connectivity index (χ1n) is 25.0. The molecule has 0 radical (unpaired) electrons. The van der Waals surface area contributed by atoms with Crippen molar-refractivity contribution in [1.82, 2.24) is 19.9 Å². The van der Waals surface area contributed by atoms with Crippen LogP contribution in [0, 0.1) is 0 Å². The zero-order valence-electron chi connectivity index (χ0n) is 42.9. The van der Waals surface area contributed by atoms with Crippen LogP contribution in [0.5, 0.6) is 0 Å². The molecule has 0 N–H and O–H groups in total. The number of aromatic nitrogens is 4. The summed E-state index contributed by atoms with van der Waals surface area (Å²) in [6.07, 6.45) is 2.02. The molecule has 10 aromatic rings. The average Bonchev–Trinajstić information content (AvgIpc) is 3.39. The summed E-state index contributed by atoms with van der Waals surface area (Å²) in [6, 6.07) is 73.4. The molecule has 0 bridgehead atoms. The van der Waals surface area contributed by atoms with E-state index in [4.69, 9.17) is 19.9 Å². The highest BCUT2D eigenvalue weighted by Crippen LogP contribution is 2.51. The molecule has 0 atom stereocenters. The monoisotopic (exact) mass is 939 g/mol. The lowest BCUT2D eigenvalue weighted by atomic mass is 9.83. The Balaban J connectivity index is 1.23. The third-order valence-electron chi connectivity index (χ3n) is 13.4. The summed E-state index contributed by atoms with van der Waals surface area (Å²) in [7, 11) is 0. The predicted octanol–water partition coefficient (Wildman–Crippen LogP) is 17.9. The number of pyridine rings is 1. The first kappa shape index (κ1) is 47.5. The minimum atomic E-state index is -0.237. The predicted molar refractivity (Wildman–Crippen MR) is 302 cm³/mol. The van der Waals surface area contributed by atoms with E-state index in [2.05, 4.69) is 212 Å². The number of hydrogen-bond acceptors (Lipinski definition) is 6. The fourth-order valence-electron chi connectivity index (χ4n) is 9.25. The average molecular weight is 939 g/mol. The van der Waals surface area contributed by atoms with Crippen LogP contribution in [0.2, 0.25) is 0 Å². The Kier molecular flexibility index (Phi) is 12.6. The normalized spacial score (nSPS) is 12.0. The van der Waals surface area contributed by atoms with Crippen LogP contribution in [-0.4, -0.2) is 19.9 Å². The lowest BCUT2D eigenvalue weighted by molar-refractivity contribution is 0.589. The molecular weight excluding hydrogens is 877 g/mol. The van der Waals surface area contributed by atoms with E-state index >= 15 is 0 Å². The molecule has 0 aliphatic heterocycles. The molecule has 72 heavy (non-hydrogen) atoms. The van der Waals surface area contributed by atoms with Crippen molar-refractivity contribution in [3.63, 3.8) is 0 Å². The van der Waals surface area contributed by atoms with E-state index in [1.807, 2.05) is 72.9 Å². The smallest absolute Gasteiger partial charge is 0.164 e. The summed E-state index contributed by atoms with van der Waals surface area (Å²) in [4.78, 5) is 25.1. The molecule has 10 rings (SSSR count). The van der Waals surface area contributed by atoms with Gasteiger partial charge in [0.25, 0.3) is 0 Å². The van der Waals surface area contributed by atoms with Gasteiger partial charge in [0.15, 0.2) is 17.5 Å². The van der Waals surface area contributed by atoms with Crippen LogP contribution in [0.3, 0.4) is 0 Å². The summed E-state index contributed by atoms with van der Waals surface area (Å²) in [5, 5.41) is 1.07. The standard InChI is InChI=1S/C66H62N6/c1-64(2,3)50-31-37-54(38-32-50)71(53-35-29-48(30-36-53)63-69-61(46-23-15-11-16-24-46)68-62(70-63)47-25-17-12-18-26-47)58-42-52(66(7,8)9)43-59(60(58)45-21-13-10-14-22-45)72(55-39-33-51(34-40-55)65(4,5)6)56-41-49-27-19-20-28-57(49)67-44-56/h10-44H,1-9H3. The molecule has 0 aliphatic rings. The number of nitrogens with zero attached hydrogens (tertiary/aromatic N) is 6. The van der Waals surface area contributed by atoms with E-state index in [9.17, 15) is 0 Å². The lowest BCUT2D eigenvalue weighted by Crippen LogP contribution is -2.20. The molecule has 0 amide bonds. The van der Waals surface area contributed by atoms with Crippen LogP contribution in [0.4, 0.5) is 34.1 Å². The van der Waals surface area contributed by atoms with Crippen molar-refractivity contribution in [1.29, 1.82) is 0 Å². The summed E-state index contributed by atoms with van der Waals surface area (Å²) >= 11 is 0. The number of rotatable bonds is 10. The maximum Gasteiger partial charge on any atom is 0.164 e. The first-order valence-corrected chi connectivity index (χ1v) is 25.0. The second-order valence-electron chi connectivity index (χ2n) is 21.7. The largest absolute Gasteiger partial charge is 0.310 e. The lowest BCUT2D eigenvalue weighted by Gasteiger charge is -2.35. The summed E-state index contributed by atoms with van der Waals surface area (Å²) < 4.78 is 0. The van der Waals surface area contributed by atoms with Crippen molar-refractivity contribution in [2.45, 2.75) is 78.6 Å². The Hall–Kier alpha value is -8.22. The number of benzene rings is 8. The summed E-state index contributed by atoms with van der Waals surface area (Å²) in [6.45, 7) is 20.5. The molecule has 0 saturated carbocycles. The van der Waals surface area contributed by atoms with Gasteiger partial charge in [-0.05, 0) is 111 Å². The zero-order valence-corrected chi connectivity index (χ0v) is 42.9. The Morgan fingerprint density at radius 3 is 1.11 bits per heavy atom. The minimum Gasteiger partial charge on any atom is -0.310 e. The number of hydrogen-bond donors (Lipinski definition) is 0. The van der Waals surface area contributed by atoms with E-state index in [0.717, 1.165) is 72.8 Å². The second kappa shape index (κ2) is 19.2. The zero-order chi connectivity index (χ0) is 50.2. The third-order valence-corrected chi connectivity index (χ3v) is 13.4. The molecule has 0 saturated heterocycles. The van der Waals surface area contributed by atoms with E-state index < -0.39 is 0 Å². The van der Waals surface area contributed by atoms with E-state index in [0.29, 0.717) is 17.5 Å². The molecule has 6 nitrogen and oxygen atoms in total. The molecule has 2 aromatic heterocycles. The van der Waals surface area contributed by atoms with Crippen LogP contribution in [0.15, 0.2) is 212 Å². The third kappa shape index (κ3) is 9.91. The molecule has 2 heterocycles. The molecule has 0 unspecified atom stereocenters. The molecule has 6 heteroatoms. The Morgan fingerprint density at radius 1 is 0.319 bits per heavy atom. The van der Waals surface area contributed by atoms with Gasteiger partial charge in [-0.3, -0.25) is 4.98 Å². The maximum absolute atomic E-state index is 5.10. The van der Waals surface area contributed by atoms with Crippen LogP contribution >= 0.6 is 0 Å². The Bertz CT molecular complexity index is 3420. The van der Waals surface area contributed by atoms with Crippen LogP contribution in [0.1, 0.15) is 79.0 Å². The van der Waals surface area contributed by atoms with Gasteiger partial charge in [0.05, 0.1) is 28.8 Å². The molecule has 8 aromatic carbocycles. The van der Waals surface area contributed by atoms with Crippen LogP contribution in [-0.2, 0) is 16.2 Å². The van der Waals surface area contributed by atoms with Gasteiger partial charge in [-0.1, -0.05) is 196 Å². The summed E-state index contributed by atoms with van der Waals surface area (Å²) in [5.41, 5.74) is 15.5. The van der Waals surface area contributed by atoms with E-state index in [1.54, 1.807) is 0 Å². The molecule has 0 fully saturated rings. The maximum atomic E-state index is 5.10. The van der Waals surface area contributed by atoms with Gasteiger partial charge >= 0.3 is 0 Å². The van der Waals surface area contributed by atoms with E-state index in [-0.39, 0.29) is 16.2 Å². The van der Waals surface area contributed by atoms with Gasteiger partial charge in [-0.2, -0.15) is 0 Å². The van der Waals surface area contributed by atoms with Gasteiger partial charge in [-0.25, -0.2) is 15.0 Å². The Labute approximate surface area is 425 Å². The fraction of sp³-hybridized carbons (Fsp3) is 0.182. The molecule has 0 aliphatic carbocycles. The van der Waals surface area contributed by atoms with Gasteiger partial charge in [-0.15, -0.1) is 0 Å². The first-order chi connectivity index (χ1) is 34.6. The van der Waals surface area contributed by atoms with Crippen LogP contribution in [0.25, 0.3) is 56.2 Å². The quantitative estimate of drug-likeness (QED) is 0.136. The molecule has 0 spiro atoms. The number of para-hydroxylation sites is 1. The molecule has 356 valence electrons. The minimum absolute atomic E-state index is 0.0150. The van der Waals surface area contributed by atoms with Crippen molar-refractivity contribution in [2.75, 3.05) is 9.80 Å². The van der Waals surface area contributed by atoms with Crippen LogP contribution < -0.4 is 9.80 Å². The highest BCUT2D eigenvalue weighted by Gasteiger charge is 2.29. The van der Waals surface area contributed by atoms with Crippen molar-refractivity contribution >= 4 is 45.0 Å². The second-order valence-corrected chi connectivity index (χ2v) is 21.7. The number of anilines is 6. The topological polar surface area (TPSA) is 58.0 Å². The highest BCUT2D eigenvalue weighted by atomic mass is 15.2.